The predicted molar refractivity (Wildman–Crippen MR) is 100.0 cm³/mol. The highest BCUT2D eigenvalue weighted by molar-refractivity contribution is 7.89. The zero-order chi connectivity index (χ0) is 21.1. The maximum atomic E-state index is 12.4. The van der Waals surface area contributed by atoms with Crippen LogP contribution in [0.2, 0.25) is 0 Å². The van der Waals surface area contributed by atoms with E-state index in [0.717, 1.165) is 61.7 Å². The average molecular weight is 430 g/mol. The maximum absolute atomic E-state index is 12.4. The zero-order valence-electron chi connectivity index (χ0n) is 15.7. The Labute approximate surface area is 167 Å². The standard InChI is InChI=1S/C18H21F3N4O3S/c1-13-11-17(25-9-3-2-4-10-25)24-16(23-13)12-22-29(26,27)15-7-5-14(6-8-15)28-18(19,20)21/h5-8,11,22H,2-4,9-10,12H2,1H3. The molecule has 1 N–H and O–H groups in total. The molecule has 7 nitrogen and oxygen atoms in total. The fourth-order valence-corrected chi connectivity index (χ4v) is 4.02. The minimum Gasteiger partial charge on any atom is -0.406 e. The van der Waals surface area contributed by atoms with Crippen molar-refractivity contribution in [1.82, 2.24) is 14.7 Å². The van der Waals surface area contributed by atoms with Gasteiger partial charge in [0.05, 0.1) is 11.4 Å². The molecule has 1 aliphatic rings. The number of sulfonamides is 1. The first-order chi connectivity index (χ1) is 13.6. The number of benzene rings is 1. The van der Waals surface area contributed by atoms with Crippen molar-refractivity contribution in [3.05, 3.63) is 41.9 Å². The number of nitrogens with one attached hydrogen (secondary N) is 1. The van der Waals surface area contributed by atoms with Crippen LogP contribution in [0.15, 0.2) is 35.2 Å². The van der Waals surface area contributed by atoms with E-state index in [9.17, 15) is 21.6 Å². The van der Waals surface area contributed by atoms with Crippen LogP contribution < -0.4 is 14.4 Å². The van der Waals surface area contributed by atoms with E-state index in [1.165, 1.54) is 6.42 Å². The lowest BCUT2D eigenvalue weighted by molar-refractivity contribution is -0.274. The molecule has 1 saturated heterocycles. The Kier molecular flexibility index (Phi) is 6.27. The molecule has 158 valence electrons. The van der Waals surface area contributed by atoms with E-state index in [4.69, 9.17) is 0 Å². The van der Waals surface area contributed by atoms with Gasteiger partial charge in [-0.15, -0.1) is 13.2 Å². The Bertz CT molecular complexity index is 944. The molecular weight excluding hydrogens is 409 g/mol. The van der Waals surface area contributed by atoms with Crippen LogP contribution in [0.1, 0.15) is 30.8 Å². The molecule has 0 unspecified atom stereocenters. The number of ether oxygens (including phenoxy) is 1. The smallest absolute Gasteiger partial charge is 0.406 e. The van der Waals surface area contributed by atoms with Gasteiger partial charge in [0, 0.05) is 24.8 Å². The molecule has 0 radical (unpaired) electrons. The van der Waals surface area contributed by atoms with Gasteiger partial charge in [-0.05, 0) is 50.5 Å². The molecule has 0 bridgehead atoms. The van der Waals surface area contributed by atoms with Gasteiger partial charge in [-0.3, -0.25) is 0 Å². The lowest BCUT2D eigenvalue weighted by atomic mass is 10.1. The van der Waals surface area contributed by atoms with Gasteiger partial charge in [0.25, 0.3) is 0 Å². The van der Waals surface area contributed by atoms with Gasteiger partial charge in [-0.2, -0.15) is 0 Å². The van der Waals surface area contributed by atoms with E-state index in [2.05, 4.69) is 24.3 Å². The summed E-state index contributed by atoms with van der Waals surface area (Å²) < 4.78 is 67.6. The summed E-state index contributed by atoms with van der Waals surface area (Å²) in [6.45, 7) is 3.47. The van der Waals surface area contributed by atoms with E-state index in [1.54, 1.807) is 0 Å². The molecule has 1 aliphatic heterocycles. The number of alkyl halides is 3. The van der Waals surface area contributed by atoms with Crippen LogP contribution in [-0.2, 0) is 16.6 Å². The SMILES string of the molecule is Cc1cc(N2CCCCC2)nc(CNS(=O)(=O)c2ccc(OC(F)(F)F)cc2)n1. The van der Waals surface area contributed by atoms with Crippen LogP contribution in [0.3, 0.4) is 0 Å². The topological polar surface area (TPSA) is 84.4 Å². The number of hydrogen-bond acceptors (Lipinski definition) is 6. The summed E-state index contributed by atoms with van der Waals surface area (Å²) in [7, 11) is -3.95. The molecule has 2 aromatic rings. The highest BCUT2D eigenvalue weighted by Crippen LogP contribution is 2.24. The van der Waals surface area contributed by atoms with Crippen molar-refractivity contribution < 1.29 is 26.3 Å². The highest BCUT2D eigenvalue weighted by Gasteiger charge is 2.31. The van der Waals surface area contributed by atoms with Crippen molar-refractivity contribution in [1.29, 1.82) is 0 Å². The number of nitrogens with zero attached hydrogens (tertiary/aromatic N) is 3. The molecule has 11 heteroatoms. The Morgan fingerprint density at radius 3 is 2.38 bits per heavy atom. The zero-order valence-corrected chi connectivity index (χ0v) is 16.6. The van der Waals surface area contributed by atoms with Crippen molar-refractivity contribution >= 4 is 15.8 Å². The van der Waals surface area contributed by atoms with Gasteiger partial charge in [0.1, 0.15) is 17.4 Å². The van der Waals surface area contributed by atoms with Crippen molar-refractivity contribution in [3.63, 3.8) is 0 Å². The minimum absolute atomic E-state index is 0.133. The second-order valence-electron chi connectivity index (χ2n) is 6.68. The number of anilines is 1. The van der Waals surface area contributed by atoms with Crippen LogP contribution in [-0.4, -0.2) is 37.8 Å². The van der Waals surface area contributed by atoms with E-state index in [1.807, 2.05) is 13.0 Å². The normalized spacial score (nSPS) is 15.4. The Balaban J connectivity index is 1.69. The van der Waals surface area contributed by atoms with Crippen LogP contribution in [0.4, 0.5) is 19.0 Å². The molecular formula is C18H21F3N4O3S. The largest absolute Gasteiger partial charge is 0.573 e. The van der Waals surface area contributed by atoms with Crippen molar-refractivity contribution in [2.75, 3.05) is 18.0 Å². The quantitative estimate of drug-likeness (QED) is 0.758. The third-order valence-electron chi connectivity index (χ3n) is 4.35. The summed E-state index contributed by atoms with van der Waals surface area (Å²) in [5.41, 5.74) is 0.725. The fraction of sp³-hybridized carbons (Fsp3) is 0.444. The lowest BCUT2D eigenvalue weighted by Gasteiger charge is -2.28. The monoisotopic (exact) mass is 430 g/mol. The highest BCUT2D eigenvalue weighted by atomic mass is 32.2. The van der Waals surface area contributed by atoms with Gasteiger partial charge in [0.2, 0.25) is 10.0 Å². The Morgan fingerprint density at radius 2 is 1.76 bits per heavy atom. The van der Waals surface area contributed by atoms with Crippen LogP contribution in [0.5, 0.6) is 5.75 Å². The molecule has 2 heterocycles. The minimum atomic E-state index is -4.84. The third kappa shape index (κ3) is 6.04. The molecule has 1 aromatic carbocycles. The second-order valence-corrected chi connectivity index (χ2v) is 8.44. The molecule has 0 saturated carbocycles. The van der Waals surface area contributed by atoms with Gasteiger partial charge < -0.3 is 9.64 Å². The lowest BCUT2D eigenvalue weighted by Crippen LogP contribution is -2.31. The van der Waals surface area contributed by atoms with E-state index in [0.29, 0.717) is 5.82 Å². The van der Waals surface area contributed by atoms with Crippen molar-refractivity contribution in [2.24, 2.45) is 0 Å². The van der Waals surface area contributed by atoms with Crippen molar-refractivity contribution in [2.45, 2.75) is 44.0 Å². The van der Waals surface area contributed by atoms with Gasteiger partial charge in [0.15, 0.2) is 0 Å². The number of hydrogen-bond donors (Lipinski definition) is 1. The maximum Gasteiger partial charge on any atom is 0.573 e. The van der Waals surface area contributed by atoms with Crippen LogP contribution in [0.25, 0.3) is 0 Å². The molecule has 0 amide bonds. The third-order valence-corrected chi connectivity index (χ3v) is 5.77. The van der Waals surface area contributed by atoms with Crippen LogP contribution >= 0.6 is 0 Å². The Hall–Kier alpha value is -2.40. The number of aromatic nitrogens is 2. The predicted octanol–water partition coefficient (Wildman–Crippen LogP) is 3.15. The summed E-state index contributed by atoms with van der Waals surface area (Å²) in [5.74, 6) is 0.593. The molecule has 1 fully saturated rings. The Morgan fingerprint density at radius 1 is 1.10 bits per heavy atom. The molecule has 3 rings (SSSR count). The molecule has 0 atom stereocenters. The fourth-order valence-electron chi connectivity index (χ4n) is 3.04. The summed E-state index contributed by atoms with van der Waals surface area (Å²) in [6, 6.07) is 5.83. The van der Waals surface area contributed by atoms with E-state index >= 15 is 0 Å². The average Bonchev–Trinajstić information content (AvgIpc) is 2.66. The van der Waals surface area contributed by atoms with Crippen molar-refractivity contribution in [3.8, 4) is 5.75 Å². The summed E-state index contributed by atoms with van der Waals surface area (Å²) in [5, 5.41) is 0. The number of aryl methyl sites for hydroxylation is 1. The first kappa shape index (κ1) is 21.3. The number of piperidine rings is 1. The van der Waals surface area contributed by atoms with Gasteiger partial charge in [-0.25, -0.2) is 23.1 Å². The summed E-state index contributed by atoms with van der Waals surface area (Å²) in [4.78, 5) is 10.7. The number of halogens is 3. The molecule has 29 heavy (non-hydrogen) atoms. The van der Waals surface area contributed by atoms with Gasteiger partial charge in [-0.1, -0.05) is 0 Å². The first-order valence-corrected chi connectivity index (χ1v) is 10.6. The van der Waals surface area contributed by atoms with Gasteiger partial charge >= 0.3 is 6.36 Å². The molecule has 0 aliphatic carbocycles. The number of rotatable bonds is 6. The molecule has 0 spiro atoms. The molecule has 1 aromatic heterocycles. The second kappa shape index (κ2) is 8.54. The van der Waals surface area contributed by atoms with Crippen LogP contribution in [0, 0.1) is 6.92 Å². The van der Waals surface area contributed by atoms with E-state index < -0.39 is 22.1 Å². The summed E-state index contributed by atoms with van der Waals surface area (Å²) >= 11 is 0. The first-order valence-electron chi connectivity index (χ1n) is 9.07. The van der Waals surface area contributed by atoms with E-state index in [-0.39, 0.29) is 11.4 Å². The summed E-state index contributed by atoms with van der Waals surface area (Å²) in [6.07, 6.45) is -1.49.